The van der Waals surface area contributed by atoms with Gasteiger partial charge in [-0.2, -0.15) is 0 Å². The number of amides is 1. The number of aryl methyl sites for hydroxylation is 1. The van der Waals surface area contributed by atoms with Gasteiger partial charge in [0.15, 0.2) is 0 Å². The number of ether oxygens (including phenoxy) is 1. The Kier molecular flexibility index (Phi) is 5.83. The summed E-state index contributed by atoms with van der Waals surface area (Å²) in [5.41, 5.74) is 7.41. The van der Waals surface area contributed by atoms with Crippen molar-refractivity contribution in [1.82, 2.24) is 0 Å². The lowest BCUT2D eigenvalue weighted by Gasteiger charge is -2.22. The van der Waals surface area contributed by atoms with Crippen LogP contribution in [0.5, 0.6) is 5.75 Å². The Bertz CT molecular complexity index is 432. The van der Waals surface area contributed by atoms with E-state index in [0.29, 0.717) is 19.6 Å². The van der Waals surface area contributed by atoms with E-state index in [4.69, 9.17) is 10.5 Å². The summed E-state index contributed by atoms with van der Waals surface area (Å²) in [4.78, 5) is 13.9. The van der Waals surface area contributed by atoms with Gasteiger partial charge >= 0.3 is 0 Å². The van der Waals surface area contributed by atoms with E-state index in [1.807, 2.05) is 39.0 Å². The van der Waals surface area contributed by atoms with Crippen LogP contribution in [0.2, 0.25) is 0 Å². The fourth-order valence-corrected chi connectivity index (χ4v) is 1.99. The molecule has 0 fully saturated rings. The molecule has 0 aliphatic carbocycles. The van der Waals surface area contributed by atoms with Crippen molar-refractivity contribution in [1.29, 1.82) is 0 Å². The van der Waals surface area contributed by atoms with Crippen molar-refractivity contribution >= 4 is 11.6 Å². The molecular weight excluding hydrogens is 240 g/mol. The molecule has 106 valence electrons. The Hall–Kier alpha value is -1.55. The van der Waals surface area contributed by atoms with Crippen LogP contribution in [0.1, 0.15) is 25.8 Å². The summed E-state index contributed by atoms with van der Waals surface area (Å²) in [5, 5.41) is 0. The van der Waals surface area contributed by atoms with Gasteiger partial charge in [-0.1, -0.05) is 6.92 Å². The van der Waals surface area contributed by atoms with Gasteiger partial charge in [0, 0.05) is 18.7 Å². The van der Waals surface area contributed by atoms with Crippen LogP contribution in [0, 0.1) is 12.8 Å². The number of hydrogen-bond acceptors (Lipinski definition) is 3. The van der Waals surface area contributed by atoms with E-state index >= 15 is 0 Å². The number of rotatable bonds is 6. The average Bonchev–Trinajstić information content (AvgIpc) is 2.40. The van der Waals surface area contributed by atoms with Crippen LogP contribution < -0.4 is 15.4 Å². The Balaban J connectivity index is 2.85. The Labute approximate surface area is 115 Å². The van der Waals surface area contributed by atoms with Gasteiger partial charge < -0.3 is 15.4 Å². The van der Waals surface area contributed by atoms with Crippen LogP contribution in [-0.4, -0.2) is 26.1 Å². The zero-order chi connectivity index (χ0) is 14.4. The molecule has 4 nitrogen and oxygen atoms in total. The Morgan fingerprint density at radius 2 is 2.16 bits per heavy atom. The third kappa shape index (κ3) is 3.96. The molecule has 0 aliphatic heterocycles. The van der Waals surface area contributed by atoms with Gasteiger partial charge in [-0.3, -0.25) is 4.79 Å². The number of hydrogen-bond donors (Lipinski definition) is 1. The summed E-state index contributed by atoms with van der Waals surface area (Å²) < 4.78 is 5.50. The molecule has 0 radical (unpaired) electrons. The molecule has 1 rings (SSSR count). The number of benzene rings is 1. The third-order valence-electron chi connectivity index (χ3n) is 3.20. The van der Waals surface area contributed by atoms with Gasteiger partial charge in [-0.05, 0) is 50.6 Å². The average molecular weight is 264 g/mol. The predicted molar refractivity (Wildman–Crippen MR) is 78.6 cm³/mol. The van der Waals surface area contributed by atoms with Gasteiger partial charge in [0.1, 0.15) is 5.75 Å². The van der Waals surface area contributed by atoms with Crippen LogP contribution in [0.4, 0.5) is 5.69 Å². The molecule has 1 aromatic rings. The van der Waals surface area contributed by atoms with Crippen LogP contribution in [-0.2, 0) is 4.79 Å². The molecule has 0 aromatic heterocycles. The second-order valence-corrected chi connectivity index (χ2v) is 4.76. The smallest absolute Gasteiger partial charge is 0.229 e. The van der Waals surface area contributed by atoms with Crippen molar-refractivity contribution in [3.63, 3.8) is 0 Å². The summed E-state index contributed by atoms with van der Waals surface area (Å²) >= 11 is 0. The van der Waals surface area contributed by atoms with Crippen molar-refractivity contribution in [3.05, 3.63) is 23.8 Å². The second-order valence-electron chi connectivity index (χ2n) is 4.76. The van der Waals surface area contributed by atoms with Gasteiger partial charge in [0.25, 0.3) is 0 Å². The number of carbonyl (C=O) groups excluding carboxylic acids is 1. The molecule has 1 amide bonds. The molecular formula is C15H24N2O2. The maximum Gasteiger partial charge on any atom is 0.229 e. The lowest BCUT2D eigenvalue weighted by atomic mass is 10.1. The standard InChI is InChI=1S/C15H24N2O2/c1-5-19-14-7-6-13(10-12(14)3)17(4)15(18)11(2)8-9-16/h6-7,10-11H,5,8-9,16H2,1-4H3. The number of carbonyl (C=O) groups is 1. The maximum absolute atomic E-state index is 12.2. The number of anilines is 1. The Morgan fingerprint density at radius 1 is 1.47 bits per heavy atom. The highest BCUT2D eigenvalue weighted by Crippen LogP contribution is 2.25. The van der Waals surface area contributed by atoms with E-state index < -0.39 is 0 Å². The van der Waals surface area contributed by atoms with Crippen LogP contribution in [0.15, 0.2) is 18.2 Å². The molecule has 0 saturated carbocycles. The van der Waals surface area contributed by atoms with E-state index in [1.165, 1.54) is 0 Å². The molecule has 0 saturated heterocycles. The van der Waals surface area contributed by atoms with Crippen molar-refractivity contribution in [3.8, 4) is 5.75 Å². The third-order valence-corrected chi connectivity index (χ3v) is 3.20. The minimum atomic E-state index is -0.0538. The molecule has 1 atom stereocenters. The van der Waals surface area contributed by atoms with Crippen molar-refractivity contribution in [2.45, 2.75) is 27.2 Å². The summed E-state index contributed by atoms with van der Waals surface area (Å²) in [5.74, 6) is 0.901. The monoisotopic (exact) mass is 264 g/mol. The quantitative estimate of drug-likeness (QED) is 0.858. The largest absolute Gasteiger partial charge is 0.494 e. The molecule has 1 unspecified atom stereocenters. The number of nitrogens with two attached hydrogens (primary N) is 1. The molecule has 0 heterocycles. The van der Waals surface area contributed by atoms with Crippen molar-refractivity contribution in [2.24, 2.45) is 11.7 Å². The molecule has 0 bridgehead atoms. The second kappa shape index (κ2) is 7.14. The summed E-state index contributed by atoms with van der Waals surface area (Å²) in [6, 6.07) is 5.79. The highest BCUT2D eigenvalue weighted by Gasteiger charge is 2.18. The Morgan fingerprint density at radius 3 is 2.68 bits per heavy atom. The SMILES string of the molecule is CCOc1ccc(N(C)C(=O)C(C)CCN)cc1C. The first-order chi connectivity index (χ1) is 9.01. The predicted octanol–water partition coefficient (Wildman–Crippen LogP) is 2.34. The molecule has 1 aromatic carbocycles. The summed E-state index contributed by atoms with van der Waals surface area (Å²) in [6.07, 6.45) is 0.708. The van der Waals surface area contributed by atoms with Crippen LogP contribution in [0.3, 0.4) is 0 Å². The van der Waals surface area contributed by atoms with E-state index in [2.05, 4.69) is 0 Å². The molecule has 0 spiro atoms. The topological polar surface area (TPSA) is 55.6 Å². The fraction of sp³-hybridized carbons (Fsp3) is 0.533. The highest BCUT2D eigenvalue weighted by atomic mass is 16.5. The first-order valence-corrected chi connectivity index (χ1v) is 6.72. The van der Waals surface area contributed by atoms with E-state index in [9.17, 15) is 4.79 Å². The van der Waals surface area contributed by atoms with Gasteiger partial charge in [0.05, 0.1) is 6.61 Å². The molecule has 4 heteroatoms. The minimum Gasteiger partial charge on any atom is -0.494 e. The van der Waals surface area contributed by atoms with Crippen LogP contribution >= 0.6 is 0 Å². The van der Waals surface area contributed by atoms with Gasteiger partial charge in [-0.15, -0.1) is 0 Å². The highest BCUT2D eigenvalue weighted by molar-refractivity contribution is 5.94. The molecule has 19 heavy (non-hydrogen) atoms. The van der Waals surface area contributed by atoms with Crippen LogP contribution in [0.25, 0.3) is 0 Å². The van der Waals surface area contributed by atoms with E-state index in [0.717, 1.165) is 17.0 Å². The maximum atomic E-state index is 12.2. The molecule has 2 N–H and O–H groups in total. The molecule has 0 aliphatic rings. The normalized spacial score (nSPS) is 12.1. The van der Waals surface area contributed by atoms with Crippen molar-refractivity contribution < 1.29 is 9.53 Å². The van der Waals surface area contributed by atoms with E-state index in [1.54, 1.807) is 11.9 Å². The van der Waals surface area contributed by atoms with Gasteiger partial charge in [-0.25, -0.2) is 0 Å². The first-order valence-electron chi connectivity index (χ1n) is 6.72. The zero-order valence-corrected chi connectivity index (χ0v) is 12.3. The fourth-order valence-electron chi connectivity index (χ4n) is 1.99. The zero-order valence-electron chi connectivity index (χ0n) is 12.3. The summed E-state index contributed by atoms with van der Waals surface area (Å²) in [7, 11) is 1.80. The minimum absolute atomic E-state index is 0.0538. The van der Waals surface area contributed by atoms with E-state index in [-0.39, 0.29) is 11.8 Å². The van der Waals surface area contributed by atoms with Gasteiger partial charge in [0.2, 0.25) is 5.91 Å². The summed E-state index contributed by atoms with van der Waals surface area (Å²) in [6.45, 7) is 7.02. The van der Waals surface area contributed by atoms with Crippen molar-refractivity contribution in [2.75, 3.05) is 25.1 Å². The lowest BCUT2D eigenvalue weighted by molar-refractivity contribution is -0.121. The first kappa shape index (κ1) is 15.5. The number of nitrogens with zero attached hydrogens (tertiary/aromatic N) is 1. The lowest BCUT2D eigenvalue weighted by Crippen LogP contribution is -2.32.